The Morgan fingerprint density at radius 3 is 2.55 bits per heavy atom. The molecule has 0 bridgehead atoms. The number of carbonyl (C=O) groups is 1. The van der Waals surface area contributed by atoms with Gasteiger partial charge in [0.05, 0.1) is 0 Å². The minimum absolute atomic E-state index is 0.0327. The smallest absolute Gasteiger partial charge is 0.219 e. The number of amides is 1. The first-order valence-electron chi connectivity index (χ1n) is 6.87. The molecule has 0 aliphatic rings. The van der Waals surface area contributed by atoms with Gasteiger partial charge in [-0.1, -0.05) is 31.2 Å². The number of hydrogen-bond acceptors (Lipinski definition) is 3. The molecule has 1 unspecified atom stereocenters. The number of nitrogens with one attached hydrogen (secondary N) is 1. The third-order valence-corrected chi connectivity index (χ3v) is 3.46. The van der Waals surface area contributed by atoms with E-state index < -0.39 is 0 Å². The van der Waals surface area contributed by atoms with Crippen LogP contribution < -0.4 is 16.8 Å². The van der Waals surface area contributed by atoms with Gasteiger partial charge in [-0.2, -0.15) is 0 Å². The summed E-state index contributed by atoms with van der Waals surface area (Å²) >= 11 is 0. The van der Waals surface area contributed by atoms with Crippen molar-refractivity contribution in [2.45, 2.75) is 32.7 Å². The van der Waals surface area contributed by atoms with Crippen LogP contribution in [0.5, 0.6) is 0 Å². The van der Waals surface area contributed by atoms with E-state index in [-0.39, 0.29) is 11.9 Å². The SMILES string of the molecule is CCC(=O)NC(C)Cc1cc(N)c2ccccc2c1N. The Morgan fingerprint density at radius 1 is 1.25 bits per heavy atom. The predicted octanol–water partition coefficient (Wildman–Crippen LogP) is 2.46. The summed E-state index contributed by atoms with van der Waals surface area (Å²) < 4.78 is 0. The average Bonchev–Trinajstić information content (AvgIpc) is 2.44. The van der Waals surface area contributed by atoms with E-state index in [4.69, 9.17) is 11.5 Å². The quantitative estimate of drug-likeness (QED) is 0.747. The number of hydrogen-bond donors (Lipinski definition) is 3. The van der Waals surface area contributed by atoms with E-state index in [2.05, 4.69) is 5.32 Å². The molecule has 1 atom stereocenters. The second-order valence-corrected chi connectivity index (χ2v) is 5.11. The molecule has 1 amide bonds. The fourth-order valence-corrected chi connectivity index (χ4v) is 2.41. The summed E-state index contributed by atoms with van der Waals surface area (Å²) in [5, 5.41) is 4.88. The largest absolute Gasteiger partial charge is 0.398 e. The van der Waals surface area contributed by atoms with E-state index in [9.17, 15) is 4.79 Å². The van der Waals surface area contributed by atoms with Gasteiger partial charge >= 0.3 is 0 Å². The normalized spacial score (nSPS) is 12.3. The standard InChI is InChI=1S/C16H21N3O/c1-3-15(20)19-10(2)8-11-9-14(17)12-6-4-5-7-13(12)16(11)18/h4-7,9-10H,3,8,17-18H2,1-2H3,(H,19,20). The van der Waals surface area contributed by atoms with Gasteiger partial charge in [-0.15, -0.1) is 0 Å². The molecule has 0 radical (unpaired) electrons. The predicted molar refractivity (Wildman–Crippen MR) is 84.4 cm³/mol. The molecule has 0 aliphatic carbocycles. The van der Waals surface area contributed by atoms with Crippen molar-refractivity contribution in [1.82, 2.24) is 5.32 Å². The Bertz CT molecular complexity index is 637. The topological polar surface area (TPSA) is 81.1 Å². The lowest BCUT2D eigenvalue weighted by molar-refractivity contribution is -0.121. The monoisotopic (exact) mass is 271 g/mol. The maximum absolute atomic E-state index is 11.4. The van der Waals surface area contributed by atoms with E-state index in [1.807, 2.05) is 44.2 Å². The van der Waals surface area contributed by atoms with Crippen LogP contribution in [-0.4, -0.2) is 11.9 Å². The van der Waals surface area contributed by atoms with Crippen molar-refractivity contribution in [3.05, 3.63) is 35.9 Å². The molecule has 0 saturated carbocycles. The maximum Gasteiger partial charge on any atom is 0.219 e. The van der Waals surface area contributed by atoms with Crippen molar-refractivity contribution in [2.24, 2.45) is 0 Å². The van der Waals surface area contributed by atoms with E-state index in [1.165, 1.54) is 0 Å². The lowest BCUT2D eigenvalue weighted by atomic mass is 9.98. The molecule has 4 heteroatoms. The van der Waals surface area contributed by atoms with Crippen LogP contribution in [0.4, 0.5) is 11.4 Å². The van der Waals surface area contributed by atoms with Crippen LogP contribution in [0.1, 0.15) is 25.8 Å². The second kappa shape index (κ2) is 5.82. The van der Waals surface area contributed by atoms with Crippen molar-refractivity contribution in [3.63, 3.8) is 0 Å². The molecule has 0 saturated heterocycles. The number of nitrogen functional groups attached to an aromatic ring is 2. The zero-order chi connectivity index (χ0) is 14.7. The number of anilines is 2. The molecule has 2 aromatic carbocycles. The summed E-state index contributed by atoms with van der Waals surface area (Å²) in [6, 6.07) is 9.77. The van der Waals surface area contributed by atoms with Crippen LogP contribution >= 0.6 is 0 Å². The highest BCUT2D eigenvalue weighted by Crippen LogP contribution is 2.30. The van der Waals surface area contributed by atoms with Gasteiger partial charge in [-0.05, 0) is 25.0 Å². The second-order valence-electron chi connectivity index (χ2n) is 5.11. The van der Waals surface area contributed by atoms with E-state index in [0.717, 1.165) is 27.7 Å². The first-order valence-corrected chi connectivity index (χ1v) is 6.87. The molecule has 2 aromatic rings. The van der Waals surface area contributed by atoms with Crippen LogP contribution in [0.15, 0.2) is 30.3 Å². The van der Waals surface area contributed by atoms with Crippen molar-refractivity contribution < 1.29 is 4.79 Å². The van der Waals surface area contributed by atoms with E-state index >= 15 is 0 Å². The summed E-state index contributed by atoms with van der Waals surface area (Å²) in [6.45, 7) is 3.81. The molecule has 106 valence electrons. The first kappa shape index (κ1) is 14.2. The van der Waals surface area contributed by atoms with Crippen LogP contribution in [0.25, 0.3) is 10.8 Å². The molecule has 0 aromatic heterocycles. The van der Waals surface area contributed by atoms with Gasteiger partial charge in [-0.25, -0.2) is 0 Å². The number of nitrogens with two attached hydrogens (primary N) is 2. The Morgan fingerprint density at radius 2 is 1.90 bits per heavy atom. The third-order valence-electron chi connectivity index (χ3n) is 3.46. The Labute approximate surface area is 119 Å². The third kappa shape index (κ3) is 2.85. The molecule has 0 heterocycles. The number of benzene rings is 2. The highest BCUT2D eigenvalue weighted by Gasteiger charge is 2.12. The van der Waals surface area contributed by atoms with Gasteiger partial charge < -0.3 is 16.8 Å². The fraction of sp³-hybridized carbons (Fsp3) is 0.312. The van der Waals surface area contributed by atoms with Gasteiger partial charge in [0.2, 0.25) is 5.91 Å². The minimum Gasteiger partial charge on any atom is -0.398 e. The summed E-state index contributed by atoms with van der Waals surface area (Å²) in [6.07, 6.45) is 1.16. The molecule has 4 nitrogen and oxygen atoms in total. The Hall–Kier alpha value is -2.23. The number of rotatable bonds is 4. The van der Waals surface area contributed by atoms with Gasteiger partial charge in [0.1, 0.15) is 0 Å². The molecule has 0 spiro atoms. The highest BCUT2D eigenvalue weighted by atomic mass is 16.1. The fourth-order valence-electron chi connectivity index (χ4n) is 2.41. The highest BCUT2D eigenvalue weighted by molar-refractivity contribution is 6.01. The summed E-state index contributed by atoms with van der Waals surface area (Å²) in [4.78, 5) is 11.4. The summed E-state index contributed by atoms with van der Waals surface area (Å²) in [7, 11) is 0. The van der Waals surface area contributed by atoms with Crippen molar-refractivity contribution in [1.29, 1.82) is 0 Å². The summed E-state index contributed by atoms with van der Waals surface area (Å²) in [5.74, 6) is 0.0461. The number of carbonyl (C=O) groups excluding carboxylic acids is 1. The van der Waals surface area contributed by atoms with Crippen LogP contribution in [0, 0.1) is 0 Å². The lowest BCUT2D eigenvalue weighted by Gasteiger charge is -2.17. The maximum atomic E-state index is 11.4. The zero-order valence-corrected chi connectivity index (χ0v) is 11.9. The lowest BCUT2D eigenvalue weighted by Crippen LogP contribution is -2.33. The molecule has 5 N–H and O–H groups in total. The Kier molecular flexibility index (Phi) is 4.13. The van der Waals surface area contributed by atoms with Gasteiger partial charge in [0.15, 0.2) is 0 Å². The molecule has 2 rings (SSSR count). The molecule has 0 aliphatic heterocycles. The zero-order valence-electron chi connectivity index (χ0n) is 11.9. The van der Waals surface area contributed by atoms with Crippen LogP contribution in [0.3, 0.4) is 0 Å². The Balaban J connectivity index is 2.31. The number of fused-ring (bicyclic) bond motifs is 1. The van der Waals surface area contributed by atoms with Crippen molar-refractivity contribution in [2.75, 3.05) is 11.5 Å². The van der Waals surface area contributed by atoms with E-state index in [1.54, 1.807) is 0 Å². The van der Waals surface area contributed by atoms with Gasteiger partial charge in [0, 0.05) is 34.6 Å². The van der Waals surface area contributed by atoms with Gasteiger partial charge in [0.25, 0.3) is 0 Å². The van der Waals surface area contributed by atoms with Crippen molar-refractivity contribution >= 4 is 28.1 Å². The van der Waals surface area contributed by atoms with Gasteiger partial charge in [-0.3, -0.25) is 4.79 Å². The molecule has 20 heavy (non-hydrogen) atoms. The first-order chi connectivity index (χ1) is 9.52. The molecular formula is C16H21N3O. The molecular weight excluding hydrogens is 250 g/mol. The van der Waals surface area contributed by atoms with Crippen LogP contribution in [-0.2, 0) is 11.2 Å². The summed E-state index contributed by atoms with van der Waals surface area (Å²) in [5.41, 5.74) is 14.8. The van der Waals surface area contributed by atoms with Crippen LogP contribution in [0.2, 0.25) is 0 Å². The van der Waals surface area contributed by atoms with E-state index in [0.29, 0.717) is 12.8 Å². The molecule has 0 fully saturated rings. The minimum atomic E-state index is 0.0327. The average molecular weight is 271 g/mol. The van der Waals surface area contributed by atoms with Crippen molar-refractivity contribution in [3.8, 4) is 0 Å².